The maximum absolute atomic E-state index is 12.9. The Morgan fingerprint density at radius 1 is 1.04 bits per heavy atom. The number of unbranched alkanes of at least 4 members (excludes halogenated alkanes) is 1. The van der Waals surface area contributed by atoms with E-state index in [0.717, 1.165) is 18.2 Å². The summed E-state index contributed by atoms with van der Waals surface area (Å²) in [5.74, 6) is -0.0894. The van der Waals surface area contributed by atoms with E-state index in [0.29, 0.717) is 19.8 Å². The van der Waals surface area contributed by atoms with Gasteiger partial charge in [-0.2, -0.15) is 26.3 Å². The van der Waals surface area contributed by atoms with Gasteiger partial charge in [0.05, 0.1) is 6.61 Å². The SMILES string of the molecule is CCCCC(CC)COC(=O)NC(CC)(C(F)(F)F)C(F)(F)F. The molecule has 0 aromatic heterocycles. The average Bonchev–Trinajstić information content (AvgIpc) is 2.42. The van der Waals surface area contributed by atoms with Crippen molar-refractivity contribution in [3.63, 3.8) is 0 Å². The zero-order valence-corrected chi connectivity index (χ0v) is 13.4. The van der Waals surface area contributed by atoms with Gasteiger partial charge in [-0.05, 0) is 18.8 Å². The fourth-order valence-electron chi connectivity index (χ4n) is 2.09. The zero-order chi connectivity index (χ0) is 18.3. The Balaban J connectivity index is 4.93. The second-order valence-electron chi connectivity index (χ2n) is 5.39. The van der Waals surface area contributed by atoms with Crippen LogP contribution in [0.15, 0.2) is 0 Å². The number of alkyl halides is 6. The van der Waals surface area contributed by atoms with Crippen LogP contribution in [0.25, 0.3) is 0 Å². The number of carbonyl (C=O) groups excluding carboxylic acids is 1. The number of alkyl carbamates (subject to hydrolysis) is 1. The molecule has 9 heteroatoms. The Morgan fingerprint density at radius 2 is 1.57 bits per heavy atom. The molecule has 1 amide bonds. The lowest BCUT2D eigenvalue weighted by Crippen LogP contribution is -2.67. The van der Waals surface area contributed by atoms with Gasteiger partial charge < -0.3 is 4.74 Å². The van der Waals surface area contributed by atoms with Crippen LogP contribution < -0.4 is 5.32 Å². The second-order valence-corrected chi connectivity index (χ2v) is 5.39. The van der Waals surface area contributed by atoms with Crippen molar-refractivity contribution in [1.82, 2.24) is 5.32 Å². The highest BCUT2D eigenvalue weighted by atomic mass is 19.4. The number of rotatable bonds is 8. The summed E-state index contributed by atoms with van der Waals surface area (Å²) in [5.41, 5.74) is -4.30. The molecule has 0 aliphatic carbocycles. The quantitative estimate of drug-likeness (QED) is 0.610. The summed E-state index contributed by atoms with van der Waals surface area (Å²) < 4.78 is 81.8. The van der Waals surface area contributed by atoms with E-state index in [1.54, 1.807) is 0 Å². The fraction of sp³-hybridized carbons (Fsp3) is 0.929. The number of hydrogen-bond donors (Lipinski definition) is 1. The monoisotopic (exact) mass is 351 g/mol. The molecule has 1 atom stereocenters. The van der Waals surface area contributed by atoms with Crippen molar-refractivity contribution in [2.45, 2.75) is 70.8 Å². The Hall–Kier alpha value is -1.15. The summed E-state index contributed by atoms with van der Waals surface area (Å²) in [6.07, 6.45) is -11.4. The van der Waals surface area contributed by atoms with Gasteiger partial charge in [-0.1, -0.05) is 40.0 Å². The molecule has 0 fully saturated rings. The number of halogens is 6. The molecular weight excluding hydrogens is 328 g/mol. The van der Waals surface area contributed by atoms with E-state index in [2.05, 4.69) is 4.74 Å². The lowest BCUT2D eigenvalue weighted by atomic mass is 9.94. The minimum absolute atomic E-state index is 0.0894. The topological polar surface area (TPSA) is 38.3 Å². The molecule has 0 radical (unpaired) electrons. The largest absolute Gasteiger partial charge is 0.449 e. The first kappa shape index (κ1) is 21.9. The van der Waals surface area contributed by atoms with Gasteiger partial charge in [0, 0.05) is 0 Å². The van der Waals surface area contributed by atoms with Crippen molar-refractivity contribution >= 4 is 6.09 Å². The maximum atomic E-state index is 12.9. The molecule has 1 N–H and O–H groups in total. The fourth-order valence-corrected chi connectivity index (χ4v) is 2.09. The first-order valence-electron chi connectivity index (χ1n) is 7.53. The molecule has 0 rings (SSSR count). The molecule has 0 bridgehead atoms. The molecule has 0 saturated carbocycles. The third kappa shape index (κ3) is 5.76. The molecule has 0 aliphatic rings. The molecule has 1 unspecified atom stereocenters. The highest BCUT2D eigenvalue weighted by Crippen LogP contribution is 2.45. The standard InChI is InChI=1S/C14H23F6NO2/c1-4-7-8-10(5-2)9-23-11(22)21-12(6-3,13(15,16)17)14(18,19)20/h10H,4-9H2,1-3H3,(H,21,22). The van der Waals surface area contributed by atoms with Gasteiger partial charge in [-0.3, -0.25) is 5.32 Å². The minimum Gasteiger partial charge on any atom is -0.449 e. The molecule has 23 heavy (non-hydrogen) atoms. The van der Waals surface area contributed by atoms with Crippen molar-refractivity contribution in [2.24, 2.45) is 5.92 Å². The molecule has 138 valence electrons. The summed E-state index contributed by atoms with van der Waals surface area (Å²) in [4.78, 5) is 11.5. The van der Waals surface area contributed by atoms with Crippen LogP contribution in [-0.2, 0) is 4.74 Å². The number of amides is 1. The minimum atomic E-state index is -5.68. The highest BCUT2D eigenvalue weighted by Gasteiger charge is 2.70. The Bertz CT molecular complexity index is 353. The van der Waals surface area contributed by atoms with E-state index in [9.17, 15) is 31.1 Å². The van der Waals surface area contributed by atoms with Crippen LogP contribution in [0.1, 0.15) is 52.9 Å². The van der Waals surface area contributed by atoms with Gasteiger partial charge in [0.15, 0.2) is 0 Å². The zero-order valence-electron chi connectivity index (χ0n) is 13.4. The average molecular weight is 351 g/mol. The van der Waals surface area contributed by atoms with Crippen molar-refractivity contribution in [2.75, 3.05) is 6.61 Å². The first-order chi connectivity index (χ1) is 10.4. The van der Waals surface area contributed by atoms with E-state index in [-0.39, 0.29) is 12.5 Å². The van der Waals surface area contributed by atoms with Gasteiger partial charge in [0.1, 0.15) is 0 Å². The summed E-state index contributed by atoms with van der Waals surface area (Å²) in [6, 6.07) is 0. The number of carbonyl (C=O) groups is 1. The number of hydrogen-bond acceptors (Lipinski definition) is 2. The van der Waals surface area contributed by atoms with Crippen LogP contribution in [0.3, 0.4) is 0 Å². The molecule has 0 aromatic rings. The molecule has 0 heterocycles. The van der Waals surface area contributed by atoms with Gasteiger partial charge >= 0.3 is 18.4 Å². The Morgan fingerprint density at radius 3 is 1.91 bits per heavy atom. The summed E-state index contributed by atoms with van der Waals surface area (Å²) in [6.45, 7) is 4.25. The predicted octanol–water partition coefficient (Wildman–Crippen LogP) is 5.20. The predicted molar refractivity (Wildman–Crippen MR) is 72.9 cm³/mol. The second kappa shape index (κ2) is 8.63. The van der Waals surface area contributed by atoms with Crippen LogP contribution in [0.4, 0.5) is 31.1 Å². The van der Waals surface area contributed by atoms with Gasteiger partial charge in [-0.25, -0.2) is 4.79 Å². The maximum Gasteiger partial charge on any atom is 0.420 e. The Labute approximate surface area is 131 Å². The molecule has 3 nitrogen and oxygen atoms in total. The third-order valence-corrected chi connectivity index (χ3v) is 3.81. The lowest BCUT2D eigenvalue weighted by molar-refractivity contribution is -0.305. The van der Waals surface area contributed by atoms with E-state index in [1.807, 2.05) is 13.8 Å². The number of ether oxygens (including phenoxy) is 1. The van der Waals surface area contributed by atoms with Crippen molar-refractivity contribution in [3.8, 4) is 0 Å². The van der Waals surface area contributed by atoms with Crippen LogP contribution >= 0.6 is 0 Å². The van der Waals surface area contributed by atoms with Crippen molar-refractivity contribution < 1.29 is 35.9 Å². The Kier molecular flexibility index (Phi) is 8.20. The molecular formula is C14H23F6NO2. The summed E-state index contributed by atoms with van der Waals surface area (Å²) in [5, 5.41) is 0.984. The number of nitrogens with one attached hydrogen (secondary N) is 1. The lowest BCUT2D eigenvalue weighted by Gasteiger charge is -2.36. The van der Waals surface area contributed by atoms with E-state index < -0.39 is 30.4 Å². The molecule has 0 aromatic carbocycles. The van der Waals surface area contributed by atoms with Crippen molar-refractivity contribution in [3.05, 3.63) is 0 Å². The molecule has 0 aliphatic heterocycles. The smallest absolute Gasteiger partial charge is 0.420 e. The normalized spacial score (nSPS) is 14.5. The summed E-state index contributed by atoms with van der Waals surface area (Å²) in [7, 11) is 0. The van der Waals surface area contributed by atoms with Crippen LogP contribution in [-0.4, -0.2) is 30.6 Å². The van der Waals surface area contributed by atoms with Gasteiger partial charge in [-0.15, -0.1) is 0 Å². The molecule has 0 saturated heterocycles. The highest BCUT2D eigenvalue weighted by molar-refractivity contribution is 5.68. The third-order valence-electron chi connectivity index (χ3n) is 3.81. The van der Waals surface area contributed by atoms with Crippen LogP contribution in [0, 0.1) is 5.92 Å². The van der Waals surface area contributed by atoms with Gasteiger partial charge in [0.2, 0.25) is 5.54 Å². The van der Waals surface area contributed by atoms with E-state index in [4.69, 9.17) is 0 Å². The van der Waals surface area contributed by atoms with E-state index >= 15 is 0 Å². The van der Waals surface area contributed by atoms with Crippen molar-refractivity contribution in [1.29, 1.82) is 0 Å². The van der Waals surface area contributed by atoms with Gasteiger partial charge in [0.25, 0.3) is 0 Å². The first-order valence-corrected chi connectivity index (χ1v) is 7.53. The molecule has 0 spiro atoms. The van der Waals surface area contributed by atoms with Crippen LogP contribution in [0.5, 0.6) is 0 Å². The summed E-state index contributed by atoms with van der Waals surface area (Å²) >= 11 is 0. The van der Waals surface area contributed by atoms with Crippen LogP contribution in [0.2, 0.25) is 0 Å². The van der Waals surface area contributed by atoms with E-state index in [1.165, 1.54) is 0 Å².